The van der Waals surface area contributed by atoms with Gasteiger partial charge in [0.25, 0.3) is 5.91 Å². The molecule has 2 aromatic rings. The van der Waals surface area contributed by atoms with E-state index in [-0.39, 0.29) is 11.7 Å². The standard InChI is InChI=1S/C19H23NO4/c1-5-20(6-2)19(22)17-11-13(23-3)7-9-15(17)16-10-8-14(24-4)12-18(16)21/h7-12,21H,5-6H2,1-4H3. The number of hydrogen-bond donors (Lipinski definition) is 1. The number of benzene rings is 2. The Kier molecular flexibility index (Phi) is 5.68. The van der Waals surface area contributed by atoms with Gasteiger partial charge in [-0.05, 0) is 49.7 Å². The van der Waals surface area contributed by atoms with Crippen LogP contribution in [0.5, 0.6) is 17.2 Å². The number of rotatable bonds is 6. The minimum Gasteiger partial charge on any atom is -0.507 e. The lowest BCUT2D eigenvalue weighted by molar-refractivity contribution is 0.0773. The van der Waals surface area contributed by atoms with Crippen LogP contribution < -0.4 is 9.47 Å². The van der Waals surface area contributed by atoms with Crippen molar-refractivity contribution in [1.82, 2.24) is 4.90 Å². The van der Waals surface area contributed by atoms with Crippen LogP contribution in [0.3, 0.4) is 0 Å². The Morgan fingerprint density at radius 2 is 1.50 bits per heavy atom. The Morgan fingerprint density at radius 1 is 0.958 bits per heavy atom. The first kappa shape index (κ1) is 17.7. The quantitative estimate of drug-likeness (QED) is 0.880. The van der Waals surface area contributed by atoms with E-state index in [0.717, 1.165) is 0 Å². The molecule has 0 heterocycles. The number of ether oxygens (including phenoxy) is 2. The molecule has 0 aliphatic heterocycles. The number of nitrogens with zero attached hydrogens (tertiary/aromatic N) is 1. The maximum Gasteiger partial charge on any atom is 0.254 e. The van der Waals surface area contributed by atoms with E-state index < -0.39 is 0 Å². The summed E-state index contributed by atoms with van der Waals surface area (Å²) in [6, 6.07) is 10.3. The number of methoxy groups -OCH3 is 2. The van der Waals surface area contributed by atoms with E-state index in [1.165, 1.54) is 13.2 Å². The zero-order chi connectivity index (χ0) is 17.7. The fraction of sp³-hybridized carbons (Fsp3) is 0.316. The molecule has 128 valence electrons. The van der Waals surface area contributed by atoms with Gasteiger partial charge in [-0.15, -0.1) is 0 Å². The SMILES string of the molecule is CCN(CC)C(=O)c1cc(OC)ccc1-c1ccc(OC)cc1O. The Morgan fingerprint density at radius 3 is 2.00 bits per heavy atom. The maximum atomic E-state index is 12.9. The predicted octanol–water partition coefficient (Wildman–Crippen LogP) is 3.56. The first-order valence-electron chi connectivity index (χ1n) is 7.90. The molecule has 2 aromatic carbocycles. The molecule has 0 aliphatic rings. The van der Waals surface area contributed by atoms with Gasteiger partial charge >= 0.3 is 0 Å². The topological polar surface area (TPSA) is 59.0 Å². The summed E-state index contributed by atoms with van der Waals surface area (Å²) in [6.07, 6.45) is 0. The first-order valence-corrected chi connectivity index (χ1v) is 7.90. The molecule has 0 aromatic heterocycles. The third-order valence-corrected chi connectivity index (χ3v) is 4.00. The predicted molar refractivity (Wildman–Crippen MR) is 93.9 cm³/mol. The van der Waals surface area contributed by atoms with E-state index in [2.05, 4.69) is 0 Å². The van der Waals surface area contributed by atoms with E-state index >= 15 is 0 Å². The number of aromatic hydroxyl groups is 1. The molecular formula is C19H23NO4. The van der Waals surface area contributed by atoms with Crippen molar-refractivity contribution >= 4 is 5.91 Å². The van der Waals surface area contributed by atoms with Crippen molar-refractivity contribution in [1.29, 1.82) is 0 Å². The second-order valence-electron chi connectivity index (χ2n) is 5.27. The van der Waals surface area contributed by atoms with E-state index in [4.69, 9.17) is 9.47 Å². The number of carbonyl (C=O) groups is 1. The molecule has 1 amide bonds. The minimum absolute atomic E-state index is 0.0631. The van der Waals surface area contributed by atoms with Crippen LogP contribution in [-0.4, -0.2) is 43.2 Å². The van der Waals surface area contributed by atoms with Crippen LogP contribution in [0.1, 0.15) is 24.2 Å². The minimum atomic E-state index is -0.0934. The molecule has 0 radical (unpaired) electrons. The first-order chi connectivity index (χ1) is 11.5. The van der Waals surface area contributed by atoms with Crippen molar-refractivity contribution in [2.24, 2.45) is 0 Å². The highest BCUT2D eigenvalue weighted by Gasteiger charge is 2.20. The van der Waals surface area contributed by atoms with Crippen LogP contribution in [0.2, 0.25) is 0 Å². The molecule has 0 aliphatic carbocycles. The second-order valence-corrected chi connectivity index (χ2v) is 5.27. The molecule has 1 N–H and O–H groups in total. The van der Waals surface area contributed by atoms with E-state index in [9.17, 15) is 9.90 Å². The van der Waals surface area contributed by atoms with Crippen molar-refractivity contribution in [3.63, 3.8) is 0 Å². The van der Waals surface area contributed by atoms with Crippen LogP contribution in [0.4, 0.5) is 0 Å². The molecule has 5 heteroatoms. The second kappa shape index (κ2) is 7.73. The van der Waals surface area contributed by atoms with E-state index in [1.54, 1.807) is 42.3 Å². The van der Waals surface area contributed by atoms with Gasteiger partial charge in [-0.1, -0.05) is 0 Å². The van der Waals surface area contributed by atoms with Gasteiger partial charge in [-0.3, -0.25) is 4.79 Å². The van der Waals surface area contributed by atoms with Crippen LogP contribution in [0.25, 0.3) is 11.1 Å². The van der Waals surface area contributed by atoms with Crippen molar-refractivity contribution in [3.8, 4) is 28.4 Å². The molecule has 24 heavy (non-hydrogen) atoms. The van der Waals surface area contributed by atoms with Crippen molar-refractivity contribution in [2.45, 2.75) is 13.8 Å². The van der Waals surface area contributed by atoms with Crippen LogP contribution in [0.15, 0.2) is 36.4 Å². The fourth-order valence-corrected chi connectivity index (χ4v) is 2.61. The Labute approximate surface area is 142 Å². The summed E-state index contributed by atoms with van der Waals surface area (Å²) in [4.78, 5) is 14.6. The maximum absolute atomic E-state index is 12.9. The van der Waals surface area contributed by atoms with Gasteiger partial charge in [-0.25, -0.2) is 0 Å². The van der Waals surface area contributed by atoms with E-state index in [0.29, 0.717) is 41.3 Å². The molecule has 0 saturated carbocycles. The van der Waals surface area contributed by atoms with Gasteiger partial charge in [0, 0.05) is 24.7 Å². The summed E-state index contributed by atoms with van der Waals surface area (Å²) >= 11 is 0. The molecule has 0 fully saturated rings. The summed E-state index contributed by atoms with van der Waals surface area (Å²) in [5.74, 6) is 1.13. The number of amides is 1. The van der Waals surface area contributed by atoms with Crippen LogP contribution in [-0.2, 0) is 0 Å². The fourth-order valence-electron chi connectivity index (χ4n) is 2.61. The van der Waals surface area contributed by atoms with Gasteiger partial charge in [0.05, 0.1) is 19.8 Å². The lowest BCUT2D eigenvalue weighted by Crippen LogP contribution is -2.30. The van der Waals surface area contributed by atoms with Crippen LogP contribution in [0, 0.1) is 0 Å². The zero-order valence-corrected chi connectivity index (χ0v) is 14.5. The largest absolute Gasteiger partial charge is 0.507 e. The highest BCUT2D eigenvalue weighted by molar-refractivity contribution is 6.02. The normalized spacial score (nSPS) is 10.3. The average molecular weight is 329 g/mol. The molecule has 2 rings (SSSR count). The zero-order valence-electron chi connectivity index (χ0n) is 14.5. The van der Waals surface area contributed by atoms with Crippen molar-refractivity contribution in [2.75, 3.05) is 27.3 Å². The number of phenols is 1. The lowest BCUT2D eigenvalue weighted by Gasteiger charge is -2.21. The van der Waals surface area contributed by atoms with Gasteiger partial charge in [0.15, 0.2) is 0 Å². The third-order valence-electron chi connectivity index (χ3n) is 4.00. The van der Waals surface area contributed by atoms with Gasteiger partial charge < -0.3 is 19.5 Å². The molecule has 0 spiro atoms. The molecule has 5 nitrogen and oxygen atoms in total. The molecule has 0 unspecified atom stereocenters. The Hall–Kier alpha value is -2.69. The summed E-state index contributed by atoms with van der Waals surface area (Å²) in [5.41, 5.74) is 1.74. The number of hydrogen-bond acceptors (Lipinski definition) is 4. The van der Waals surface area contributed by atoms with Crippen LogP contribution >= 0.6 is 0 Å². The average Bonchev–Trinajstić information content (AvgIpc) is 2.62. The summed E-state index contributed by atoms with van der Waals surface area (Å²) in [6.45, 7) is 5.10. The Balaban J connectivity index is 2.59. The van der Waals surface area contributed by atoms with Crippen molar-refractivity contribution in [3.05, 3.63) is 42.0 Å². The summed E-state index contributed by atoms with van der Waals surface area (Å²) in [5, 5.41) is 10.3. The van der Waals surface area contributed by atoms with E-state index in [1.807, 2.05) is 13.8 Å². The molecule has 0 saturated heterocycles. The number of phenolic OH excluding ortho intramolecular Hbond substituents is 1. The van der Waals surface area contributed by atoms with Crippen molar-refractivity contribution < 1.29 is 19.4 Å². The monoisotopic (exact) mass is 329 g/mol. The van der Waals surface area contributed by atoms with Gasteiger partial charge in [0.1, 0.15) is 17.2 Å². The highest BCUT2D eigenvalue weighted by Crippen LogP contribution is 2.36. The Bertz CT molecular complexity index is 723. The lowest BCUT2D eigenvalue weighted by atomic mass is 9.97. The summed E-state index contributed by atoms with van der Waals surface area (Å²) in [7, 11) is 3.10. The number of carbonyl (C=O) groups excluding carboxylic acids is 1. The third kappa shape index (κ3) is 3.45. The van der Waals surface area contributed by atoms with Gasteiger partial charge in [-0.2, -0.15) is 0 Å². The van der Waals surface area contributed by atoms with Gasteiger partial charge in [0.2, 0.25) is 0 Å². The molecule has 0 atom stereocenters. The highest BCUT2D eigenvalue weighted by atomic mass is 16.5. The molecule has 0 bridgehead atoms. The smallest absolute Gasteiger partial charge is 0.254 e. The summed E-state index contributed by atoms with van der Waals surface area (Å²) < 4.78 is 10.4. The molecular weight excluding hydrogens is 306 g/mol.